The molecule has 122 valence electrons. The lowest BCUT2D eigenvalue weighted by Gasteiger charge is -2.31. The third-order valence-electron chi connectivity index (χ3n) is 3.43. The van der Waals surface area contributed by atoms with E-state index in [9.17, 15) is 18.0 Å². The predicted octanol–water partition coefficient (Wildman–Crippen LogP) is 4.45. The Morgan fingerprint density at radius 1 is 1.14 bits per heavy atom. The van der Waals surface area contributed by atoms with Crippen molar-refractivity contribution in [2.75, 3.05) is 0 Å². The van der Waals surface area contributed by atoms with E-state index in [-0.39, 0.29) is 0 Å². The van der Waals surface area contributed by atoms with E-state index >= 15 is 0 Å². The SMILES string of the molecule is CC(C)N(Cc1ccccc1/C=C/C(=O)C(F)(F)F)C(C)C. The largest absolute Gasteiger partial charge is 0.454 e. The van der Waals surface area contributed by atoms with Gasteiger partial charge in [0.05, 0.1) is 0 Å². The minimum atomic E-state index is -4.83. The molecule has 0 saturated heterocycles. The van der Waals surface area contributed by atoms with Gasteiger partial charge in [-0.1, -0.05) is 30.3 Å². The van der Waals surface area contributed by atoms with Crippen LogP contribution in [-0.4, -0.2) is 28.9 Å². The highest BCUT2D eigenvalue weighted by atomic mass is 19.4. The highest BCUT2D eigenvalue weighted by molar-refractivity contribution is 5.97. The second kappa shape index (κ2) is 7.58. The fraction of sp³-hybridized carbons (Fsp3) is 0.471. The van der Waals surface area contributed by atoms with E-state index in [1.54, 1.807) is 12.1 Å². The van der Waals surface area contributed by atoms with Gasteiger partial charge in [0.25, 0.3) is 5.78 Å². The molecule has 0 aliphatic carbocycles. The molecule has 0 aliphatic heterocycles. The Labute approximate surface area is 129 Å². The minimum Gasteiger partial charge on any atom is -0.294 e. The fourth-order valence-electron chi connectivity index (χ4n) is 2.26. The van der Waals surface area contributed by atoms with Crippen molar-refractivity contribution >= 4 is 11.9 Å². The maximum Gasteiger partial charge on any atom is 0.454 e. The van der Waals surface area contributed by atoms with E-state index in [1.165, 1.54) is 6.08 Å². The molecule has 2 nitrogen and oxygen atoms in total. The number of hydrogen-bond donors (Lipinski definition) is 0. The summed E-state index contributed by atoms with van der Waals surface area (Å²) in [6.07, 6.45) is -2.99. The molecule has 1 rings (SSSR count). The van der Waals surface area contributed by atoms with Crippen LogP contribution in [0.1, 0.15) is 38.8 Å². The van der Waals surface area contributed by atoms with Gasteiger partial charge in [-0.3, -0.25) is 9.69 Å². The number of ketones is 1. The first kappa shape index (κ1) is 18.4. The highest BCUT2D eigenvalue weighted by Gasteiger charge is 2.36. The predicted molar refractivity (Wildman–Crippen MR) is 82.4 cm³/mol. The number of rotatable bonds is 6. The summed E-state index contributed by atoms with van der Waals surface area (Å²) in [5, 5.41) is 0. The summed E-state index contributed by atoms with van der Waals surface area (Å²) >= 11 is 0. The van der Waals surface area contributed by atoms with Crippen LogP contribution in [0.4, 0.5) is 13.2 Å². The van der Waals surface area contributed by atoms with Crippen molar-refractivity contribution in [2.45, 2.75) is 52.5 Å². The van der Waals surface area contributed by atoms with Crippen molar-refractivity contribution in [1.29, 1.82) is 0 Å². The van der Waals surface area contributed by atoms with Crippen molar-refractivity contribution in [3.63, 3.8) is 0 Å². The molecule has 22 heavy (non-hydrogen) atoms. The number of allylic oxidation sites excluding steroid dienone is 1. The van der Waals surface area contributed by atoms with E-state index in [2.05, 4.69) is 32.6 Å². The van der Waals surface area contributed by atoms with Crippen molar-refractivity contribution in [3.8, 4) is 0 Å². The molecule has 0 heterocycles. The number of carbonyl (C=O) groups is 1. The second-order valence-electron chi connectivity index (χ2n) is 5.75. The summed E-state index contributed by atoms with van der Waals surface area (Å²) in [6.45, 7) is 8.92. The van der Waals surface area contributed by atoms with Gasteiger partial charge in [0.1, 0.15) is 0 Å². The Morgan fingerprint density at radius 2 is 1.68 bits per heavy atom. The molecule has 0 unspecified atom stereocenters. The first-order chi connectivity index (χ1) is 10.1. The molecule has 0 atom stereocenters. The van der Waals surface area contributed by atoms with Crippen LogP contribution in [0.15, 0.2) is 30.3 Å². The lowest BCUT2D eigenvalue weighted by atomic mass is 10.0. The van der Waals surface area contributed by atoms with Crippen molar-refractivity contribution in [2.24, 2.45) is 0 Å². The van der Waals surface area contributed by atoms with Gasteiger partial charge in [-0.15, -0.1) is 0 Å². The number of carbonyl (C=O) groups excluding carboxylic acids is 1. The summed E-state index contributed by atoms with van der Waals surface area (Å²) in [6, 6.07) is 7.81. The van der Waals surface area contributed by atoms with Gasteiger partial charge < -0.3 is 0 Å². The number of halogens is 3. The average Bonchev–Trinajstić information content (AvgIpc) is 2.41. The molecule has 0 amide bonds. The smallest absolute Gasteiger partial charge is 0.294 e. The van der Waals surface area contributed by atoms with Gasteiger partial charge in [-0.25, -0.2) is 0 Å². The van der Waals surface area contributed by atoms with Crippen LogP contribution in [0.2, 0.25) is 0 Å². The monoisotopic (exact) mass is 313 g/mol. The van der Waals surface area contributed by atoms with E-state index in [0.717, 1.165) is 5.56 Å². The minimum absolute atomic E-state index is 0.314. The molecular formula is C17H22F3NO. The van der Waals surface area contributed by atoms with Gasteiger partial charge in [-0.2, -0.15) is 13.2 Å². The molecule has 0 fully saturated rings. The van der Waals surface area contributed by atoms with Gasteiger partial charge in [-0.05, 0) is 44.9 Å². The lowest BCUT2D eigenvalue weighted by molar-refractivity contribution is -0.165. The summed E-state index contributed by atoms with van der Waals surface area (Å²) < 4.78 is 36.8. The van der Waals surface area contributed by atoms with Gasteiger partial charge in [0.2, 0.25) is 0 Å². The van der Waals surface area contributed by atoms with Crippen molar-refractivity contribution < 1.29 is 18.0 Å². The second-order valence-corrected chi connectivity index (χ2v) is 5.75. The van der Waals surface area contributed by atoms with Gasteiger partial charge in [0, 0.05) is 18.6 Å². The number of alkyl halides is 3. The molecule has 1 aromatic rings. The van der Waals surface area contributed by atoms with Crippen molar-refractivity contribution in [3.05, 3.63) is 41.5 Å². The van der Waals surface area contributed by atoms with Crippen LogP contribution in [0.25, 0.3) is 6.08 Å². The zero-order valence-corrected chi connectivity index (χ0v) is 13.3. The Kier molecular flexibility index (Phi) is 6.35. The standard InChI is InChI=1S/C17H22F3NO/c1-12(2)21(13(3)4)11-15-8-6-5-7-14(15)9-10-16(22)17(18,19)20/h5-10,12-13H,11H2,1-4H3/b10-9+. The first-order valence-electron chi connectivity index (χ1n) is 7.25. The van der Waals surface area contributed by atoms with E-state index in [4.69, 9.17) is 0 Å². The lowest BCUT2D eigenvalue weighted by Crippen LogP contribution is -2.36. The molecule has 0 N–H and O–H groups in total. The molecule has 1 aromatic carbocycles. The quantitative estimate of drug-likeness (QED) is 0.723. The molecular weight excluding hydrogens is 291 g/mol. The molecule has 0 spiro atoms. The van der Waals surface area contributed by atoms with Crippen LogP contribution in [0, 0.1) is 0 Å². The summed E-state index contributed by atoms with van der Waals surface area (Å²) in [5.74, 6) is -1.84. The van der Waals surface area contributed by atoms with Crippen LogP contribution >= 0.6 is 0 Å². The Bertz CT molecular complexity index is 525. The van der Waals surface area contributed by atoms with Crippen LogP contribution in [0.3, 0.4) is 0 Å². The molecule has 0 aliphatic rings. The maximum atomic E-state index is 12.3. The summed E-state index contributed by atoms with van der Waals surface area (Å²) in [4.78, 5) is 13.2. The molecule has 0 radical (unpaired) electrons. The Hall–Kier alpha value is -1.62. The average molecular weight is 313 g/mol. The third kappa shape index (κ3) is 5.30. The van der Waals surface area contributed by atoms with Crippen molar-refractivity contribution in [1.82, 2.24) is 4.90 Å². The third-order valence-corrected chi connectivity index (χ3v) is 3.43. The van der Waals surface area contributed by atoms with Crippen LogP contribution in [0.5, 0.6) is 0 Å². The normalized spacial score (nSPS) is 12.8. The highest BCUT2D eigenvalue weighted by Crippen LogP contribution is 2.20. The van der Waals surface area contributed by atoms with E-state index in [1.807, 2.05) is 12.1 Å². The Morgan fingerprint density at radius 3 is 2.18 bits per heavy atom. The molecule has 5 heteroatoms. The molecule has 0 aromatic heterocycles. The number of benzene rings is 1. The van der Waals surface area contributed by atoms with Crippen LogP contribution in [-0.2, 0) is 11.3 Å². The maximum absolute atomic E-state index is 12.3. The summed E-state index contributed by atoms with van der Waals surface area (Å²) in [5.41, 5.74) is 1.53. The van der Waals surface area contributed by atoms with Gasteiger partial charge >= 0.3 is 6.18 Å². The zero-order chi connectivity index (χ0) is 16.9. The van der Waals surface area contributed by atoms with Crippen LogP contribution < -0.4 is 0 Å². The summed E-state index contributed by atoms with van der Waals surface area (Å²) in [7, 11) is 0. The fourth-order valence-corrected chi connectivity index (χ4v) is 2.26. The number of hydrogen-bond acceptors (Lipinski definition) is 2. The number of nitrogens with zero attached hydrogens (tertiary/aromatic N) is 1. The molecule has 0 bridgehead atoms. The van der Waals surface area contributed by atoms with Gasteiger partial charge in [0.15, 0.2) is 0 Å². The van der Waals surface area contributed by atoms with E-state index < -0.39 is 12.0 Å². The first-order valence-corrected chi connectivity index (χ1v) is 7.25. The van der Waals surface area contributed by atoms with E-state index in [0.29, 0.717) is 30.3 Å². The zero-order valence-electron chi connectivity index (χ0n) is 13.3. The topological polar surface area (TPSA) is 20.3 Å². The molecule has 0 saturated carbocycles. The Balaban J connectivity index is 3.00.